The van der Waals surface area contributed by atoms with Gasteiger partial charge in [0.05, 0.1) is 0 Å². The van der Waals surface area contributed by atoms with Crippen LogP contribution in [0.5, 0.6) is 0 Å². The van der Waals surface area contributed by atoms with Crippen LogP contribution < -0.4 is 0 Å². The van der Waals surface area contributed by atoms with Crippen molar-refractivity contribution in [2.24, 2.45) is 0 Å². The maximum atomic E-state index is 3.20. The first-order valence-electron chi connectivity index (χ1n) is 1.03. The molecule has 0 unspecified atom stereocenters. The van der Waals surface area contributed by atoms with Gasteiger partial charge in [0.1, 0.15) is 0 Å². The number of rotatable bonds is 1. The maximum Gasteiger partial charge on any atom is 0.0129 e. The van der Waals surface area contributed by atoms with Gasteiger partial charge in [0.15, 0.2) is 0 Å². The van der Waals surface area contributed by atoms with E-state index in [-0.39, 0.29) is 27.7 Å². The van der Waals surface area contributed by atoms with Crippen molar-refractivity contribution < 1.29 is 27.7 Å². The maximum absolute atomic E-state index is 3.20. The van der Waals surface area contributed by atoms with Crippen molar-refractivity contribution >= 4 is 31.9 Å². The summed E-state index contributed by atoms with van der Waals surface area (Å²) in [6.45, 7) is 0. The summed E-state index contributed by atoms with van der Waals surface area (Å²) in [5.41, 5.74) is 0. The van der Waals surface area contributed by atoms with Gasteiger partial charge in [-0.1, -0.05) is 31.9 Å². The second-order valence-electron chi connectivity index (χ2n) is 0.378. The third-order valence-electron chi connectivity index (χ3n) is 0.0714. The molecule has 0 N–H and O–H groups in total. The Morgan fingerprint density at radius 3 is 1.20 bits per heavy atom. The number of halogens is 2. The van der Waals surface area contributed by atoms with E-state index in [9.17, 15) is 0 Å². The van der Waals surface area contributed by atoms with E-state index in [2.05, 4.69) is 31.9 Å². The van der Waals surface area contributed by atoms with Crippen molar-refractivity contribution in [3.63, 3.8) is 0 Å². The summed E-state index contributed by atoms with van der Waals surface area (Å²) in [5.74, 6) is 0. The minimum absolute atomic E-state index is 0. The fraction of sp³-hybridized carbons (Fsp3) is 1.00. The molecule has 0 amide bonds. The predicted molar refractivity (Wildman–Crippen MR) is 27.6 cm³/mol. The summed E-state index contributed by atoms with van der Waals surface area (Å²) in [4.78, 5) is 0. The van der Waals surface area contributed by atoms with E-state index in [0.29, 0.717) is 0 Å². The number of hydrogen-bond donors (Lipinski definition) is 0. The minimum Gasteiger partial charge on any atom is -0.0919 e. The molecule has 0 heterocycles. The third-order valence-corrected chi connectivity index (χ3v) is 1.93. The molecule has 0 bridgehead atoms. The fourth-order valence-electron chi connectivity index (χ4n) is 0. The molecule has 0 rings (SSSR count). The van der Waals surface area contributed by atoms with Gasteiger partial charge in [-0.2, -0.15) is 0 Å². The molecule has 0 aliphatic carbocycles. The predicted octanol–water partition coefficient (Wildman–Crippen LogP) is 1.77. The molecule has 0 spiro atoms. The van der Waals surface area contributed by atoms with Crippen LogP contribution in [-0.4, -0.2) is 10.7 Å². The van der Waals surface area contributed by atoms with Gasteiger partial charge in [-0.3, -0.25) is 0 Å². The third kappa shape index (κ3) is 10.7. The first-order valence-corrected chi connectivity index (χ1v) is 3.28. The van der Waals surface area contributed by atoms with Crippen LogP contribution in [0.15, 0.2) is 0 Å². The Balaban J connectivity index is 0. The van der Waals surface area contributed by atoms with Crippen molar-refractivity contribution in [1.29, 1.82) is 0 Å². The second kappa shape index (κ2) is 9.31. The van der Waals surface area contributed by atoms with E-state index in [1.807, 2.05) is 0 Å². The van der Waals surface area contributed by atoms with Crippen molar-refractivity contribution in [1.82, 2.24) is 0 Å². The Kier molecular flexibility index (Phi) is 18.6. The summed E-state index contributed by atoms with van der Waals surface area (Å²) in [7, 11) is 0. The van der Waals surface area contributed by atoms with Gasteiger partial charge in [-0.05, 0) is 0 Å². The van der Waals surface area contributed by atoms with Gasteiger partial charge in [0, 0.05) is 38.3 Å². The van der Waals surface area contributed by atoms with Gasteiger partial charge in [0.2, 0.25) is 0 Å². The van der Waals surface area contributed by atoms with Gasteiger partial charge in [-0.15, -0.1) is 0 Å². The Morgan fingerprint density at radius 1 is 1.00 bits per heavy atom. The summed E-state index contributed by atoms with van der Waals surface area (Å²) in [6.07, 6.45) is 0. The Morgan fingerprint density at radius 2 is 1.20 bits per heavy atom. The first-order chi connectivity index (χ1) is 1.91. The SMILES string of the molecule is BrCCBr.[Hg]. The minimum atomic E-state index is 0. The molecule has 0 aromatic heterocycles. The van der Waals surface area contributed by atoms with Crippen molar-refractivity contribution in [3.05, 3.63) is 0 Å². The van der Waals surface area contributed by atoms with Gasteiger partial charge in [-0.25, -0.2) is 0 Å². The zero-order valence-electron chi connectivity index (χ0n) is 2.88. The largest absolute Gasteiger partial charge is 0.0919 e. The first kappa shape index (κ1) is 10.00. The summed E-state index contributed by atoms with van der Waals surface area (Å²) in [5, 5.41) is 2.10. The van der Waals surface area contributed by atoms with Crippen LogP contribution in [0.1, 0.15) is 0 Å². The normalized spacial score (nSPS) is 6.00. The van der Waals surface area contributed by atoms with Crippen LogP contribution in [-0.2, 0) is 27.7 Å². The summed E-state index contributed by atoms with van der Waals surface area (Å²) >= 11 is 6.40. The van der Waals surface area contributed by atoms with Crippen molar-refractivity contribution in [2.75, 3.05) is 10.7 Å². The standard InChI is InChI=1S/C2H4Br2.Hg/c3-1-2-4;/h1-2H2;. The van der Waals surface area contributed by atoms with E-state index in [1.165, 1.54) is 0 Å². The van der Waals surface area contributed by atoms with Crippen LogP contribution in [0.4, 0.5) is 0 Å². The molecule has 0 saturated heterocycles. The van der Waals surface area contributed by atoms with Crippen LogP contribution >= 0.6 is 31.9 Å². The smallest absolute Gasteiger partial charge is 0.0129 e. The zero-order chi connectivity index (χ0) is 3.41. The number of alkyl halides is 2. The molecule has 0 aliphatic heterocycles. The van der Waals surface area contributed by atoms with E-state index in [0.717, 1.165) is 10.7 Å². The molecule has 5 heavy (non-hydrogen) atoms. The second-order valence-corrected chi connectivity index (χ2v) is 1.96. The average Bonchev–Trinajstić information content (AvgIpc) is 1.37. The molecule has 0 fully saturated rings. The van der Waals surface area contributed by atoms with Gasteiger partial charge in [0.25, 0.3) is 0 Å². The molecule has 3 heteroatoms. The van der Waals surface area contributed by atoms with Crippen LogP contribution in [0.25, 0.3) is 0 Å². The Bertz CT molecular complexity index is 9.61. The van der Waals surface area contributed by atoms with E-state index in [4.69, 9.17) is 0 Å². The van der Waals surface area contributed by atoms with Crippen LogP contribution in [0.2, 0.25) is 0 Å². The molecule has 0 aromatic rings. The summed E-state index contributed by atoms with van der Waals surface area (Å²) in [6, 6.07) is 0. The summed E-state index contributed by atoms with van der Waals surface area (Å²) < 4.78 is 0. The molecule has 0 aliphatic rings. The van der Waals surface area contributed by atoms with E-state index in [1.54, 1.807) is 0 Å². The monoisotopic (exact) mass is 388 g/mol. The Hall–Kier alpha value is 1.90. The van der Waals surface area contributed by atoms with Crippen LogP contribution in [0, 0.1) is 0 Å². The molecule has 0 nitrogen and oxygen atoms in total. The average molecular weight is 388 g/mol. The number of hydrogen-bond acceptors (Lipinski definition) is 0. The van der Waals surface area contributed by atoms with E-state index >= 15 is 0 Å². The molecule has 0 aromatic carbocycles. The fourth-order valence-corrected chi connectivity index (χ4v) is 0. The molecule has 28 valence electrons. The molecular weight excluding hydrogens is 384 g/mol. The molecular formula is C2H4Br2Hg. The Labute approximate surface area is 69.5 Å². The van der Waals surface area contributed by atoms with Crippen molar-refractivity contribution in [3.8, 4) is 0 Å². The zero-order valence-corrected chi connectivity index (χ0v) is 11.5. The van der Waals surface area contributed by atoms with Gasteiger partial charge >= 0.3 is 0 Å². The molecule has 0 saturated carbocycles. The van der Waals surface area contributed by atoms with Gasteiger partial charge < -0.3 is 0 Å². The van der Waals surface area contributed by atoms with Crippen molar-refractivity contribution in [2.45, 2.75) is 0 Å². The van der Waals surface area contributed by atoms with Crippen LogP contribution in [0.3, 0.4) is 0 Å². The molecule has 0 atom stereocenters. The quantitative estimate of drug-likeness (QED) is 0.475. The molecule has 0 radical (unpaired) electrons. The topological polar surface area (TPSA) is 0 Å². The van der Waals surface area contributed by atoms with E-state index < -0.39 is 0 Å².